The van der Waals surface area contributed by atoms with E-state index in [-0.39, 0.29) is 18.1 Å². The van der Waals surface area contributed by atoms with Crippen molar-refractivity contribution in [2.24, 2.45) is 5.10 Å². The van der Waals surface area contributed by atoms with Crippen LogP contribution in [0.1, 0.15) is 36.9 Å². The lowest BCUT2D eigenvalue weighted by Gasteiger charge is -2.23. The fourth-order valence-electron chi connectivity index (χ4n) is 3.30. The van der Waals surface area contributed by atoms with E-state index < -0.39 is 16.1 Å². The Balaban J connectivity index is 2.05. The SMILES string of the molecule is CCC(=O)N1N=C(c2ccccc2NS(C)(=O)=O)CC1c1cccc(OC)c1O. The summed E-state index contributed by atoms with van der Waals surface area (Å²) in [5.74, 6) is 0.0488. The lowest BCUT2D eigenvalue weighted by atomic mass is 9.96. The molecule has 1 atom stereocenters. The quantitative estimate of drug-likeness (QED) is 0.751. The largest absolute Gasteiger partial charge is 0.504 e. The number of aromatic hydroxyl groups is 1. The summed E-state index contributed by atoms with van der Waals surface area (Å²) >= 11 is 0. The lowest BCUT2D eigenvalue weighted by molar-refractivity contribution is -0.132. The molecule has 1 heterocycles. The molecule has 1 aliphatic rings. The highest BCUT2D eigenvalue weighted by molar-refractivity contribution is 7.92. The molecule has 1 amide bonds. The van der Waals surface area contributed by atoms with Crippen LogP contribution in [0.3, 0.4) is 0 Å². The van der Waals surface area contributed by atoms with Crippen LogP contribution >= 0.6 is 0 Å². The van der Waals surface area contributed by atoms with Crippen LogP contribution in [0.4, 0.5) is 5.69 Å². The number of phenols is 1. The predicted molar refractivity (Wildman–Crippen MR) is 111 cm³/mol. The minimum Gasteiger partial charge on any atom is -0.504 e. The number of phenolic OH excluding ortho intramolecular Hbond substituents is 1. The number of methoxy groups -OCH3 is 1. The van der Waals surface area contributed by atoms with Crippen LogP contribution in [-0.2, 0) is 14.8 Å². The second kappa shape index (κ2) is 8.12. The summed E-state index contributed by atoms with van der Waals surface area (Å²) in [6.07, 6.45) is 1.63. The van der Waals surface area contributed by atoms with E-state index in [2.05, 4.69) is 9.82 Å². The van der Waals surface area contributed by atoms with E-state index in [4.69, 9.17) is 4.74 Å². The van der Waals surface area contributed by atoms with E-state index >= 15 is 0 Å². The third-order valence-corrected chi connectivity index (χ3v) is 5.20. The molecule has 8 nitrogen and oxygen atoms in total. The van der Waals surface area contributed by atoms with Crippen LogP contribution in [0, 0.1) is 0 Å². The Bertz CT molecular complexity index is 1070. The number of sulfonamides is 1. The van der Waals surface area contributed by atoms with Gasteiger partial charge in [-0.25, -0.2) is 13.4 Å². The summed E-state index contributed by atoms with van der Waals surface area (Å²) in [4.78, 5) is 12.5. The third kappa shape index (κ3) is 4.34. The molecule has 3 rings (SSSR count). The molecule has 29 heavy (non-hydrogen) atoms. The molecule has 0 saturated carbocycles. The van der Waals surface area contributed by atoms with Crippen molar-refractivity contribution in [2.75, 3.05) is 18.1 Å². The summed E-state index contributed by atoms with van der Waals surface area (Å²) in [5, 5.41) is 16.4. The number of benzene rings is 2. The normalized spacial score (nSPS) is 16.4. The van der Waals surface area contributed by atoms with Gasteiger partial charge in [-0.1, -0.05) is 37.3 Å². The van der Waals surface area contributed by atoms with Gasteiger partial charge in [0.15, 0.2) is 11.5 Å². The number of amides is 1. The maximum absolute atomic E-state index is 12.5. The number of nitrogens with zero attached hydrogens (tertiary/aromatic N) is 2. The molecule has 0 aromatic heterocycles. The summed E-state index contributed by atoms with van der Waals surface area (Å²) in [6.45, 7) is 1.73. The van der Waals surface area contributed by atoms with Gasteiger partial charge in [0.25, 0.3) is 0 Å². The standard InChI is InChI=1S/C20H23N3O5S/c1-4-19(24)23-17(14-9-7-11-18(28-2)20(14)25)12-16(21-23)13-8-5-6-10-15(13)22-29(3,26)27/h5-11,17,22,25H,4,12H2,1-3H3. The fraction of sp³-hybridized carbons (Fsp3) is 0.300. The van der Waals surface area contributed by atoms with Crippen molar-refractivity contribution in [3.05, 3.63) is 53.6 Å². The molecule has 0 aliphatic carbocycles. The lowest BCUT2D eigenvalue weighted by Crippen LogP contribution is -2.26. The number of para-hydroxylation sites is 2. The molecule has 2 N–H and O–H groups in total. The zero-order chi connectivity index (χ0) is 21.2. The first-order valence-electron chi connectivity index (χ1n) is 9.07. The Kier molecular flexibility index (Phi) is 5.78. The molecule has 2 aromatic rings. The maximum atomic E-state index is 12.5. The molecule has 1 aliphatic heterocycles. The van der Waals surface area contributed by atoms with E-state index in [0.29, 0.717) is 34.7 Å². The van der Waals surface area contributed by atoms with E-state index in [1.807, 2.05) is 0 Å². The predicted octanol–water partition coefficient (Wildman–Crippen LogP) is 2.86. The summed E-state index contributed by atoms with van der Waals surface area (Å²) in [6, 6.07) is 11.4. The van der Waals surface area contributed by atoms with Crippen LogP contribution in [0.15, 0.2) is 47.6 Å². The first-order valence-corrected chi connectivity index (χ1v) is 11.0. The van der Waals surface area contributed by atoms with E-state index in [9.17, 15) is 18.3 Å². The number of hydrogen-bond donors (Lipinski definition) is 2. The molecule has 1 unspecified atom stereocenters. The number of anilines is 1. The highest BCUT2D eigenvalue weighted by Crippen LogP contribution is 2.41. The Morgan fingerprint density at radius 2 is 2.00 bits per heavy atom. The number of nitrogens with one attached hydrogen (secondary N) is 1. The van der Waals surface area contributed by atoms with Crippen molar-refractivity contribution in [3.63, 3.8) is 0 Å². The van der Waals surface area contributed by atoms with Crippen molar-refractivity contribution in [3.8, 4) is 11.5 Å². The number of carbonyl (C=O) groups excluding carboxylic acids is 1. The van der Waals surface area contributed by atoms with Gasteiger partial charge in [-0.2, -0.15) is 5.10 Å². The fourth-order valence-corrected chi connectivity index (χ4v) is 3.88. The molecule has 0 radical (unpaired) electrons. The molecule has 0 saturated heterocycles. The van der Waals surface area contributed by atoms with Crippen LogP contribution in [0.2, 0.25) is 0 Å². The second-order valence-corrected chi connectivity index (χ2v) is 8.42. The molecule has 2 aromatic carbocycles. The van der Waals surface area contributed by atoms with Gasteiger partial charge in [-0.3, -0.25) is 9.52 Å². The molecule has 0 fully saturated rings. The Hall–Kier alpha value is -3.07. The Labute approximate surface area is 169 Å². The van der Waals surface area contributed by atoms with E-state index in [1.165, 1.54) is 12.1 Å². The summed E-state index contributed by atoms with van der Waals surface area (Å²) in [5.41, 5.74) is 2.02. The maximum Gasteiger partial charge on any atom is 0.242 e. The molecule has 0 bridgehead atoms. The summed E-state index contributed by atoms with van der Waals surface area (Å²) in [7, 11) is -2.03. The van der Waals surface area contributed by atoms with Gasteiger partial charge in [0.05, 0.1) is 30.8 Å². The van der Waals surface area contributed by atoms with Gasteiger partial charge in [0.2, 0.25) is 15.9 Å². The zero-order valence-corrected chi connectivity index (χ0v) is 17.2. The third-order valence-electron chi connectivity index (χ3n) is 4.61. The van der Waals surface area contributed by atoms with Crippen molar-refractivity contribution in [1.29, 1.82) is 0 Å². The Morgan fingerprint density at radius 3 is 2.66 bits per heavy atom. The first-order chi connectivity index (χ1) is 13.7. The minimum atomic E-state index is -3.49. The van der Waals surface area contributed by atoms with Gasteiger partial charge in [0, 0.05) is 24.0 Å². The van der Waals surface area contributed by atoms with Gasteiger partial charge in [-0.15, -0.1) is 0 Å². The highest BCUT2D eigenvalue weighted by Gasteiger charge is 2.35. The second-order valence-electron chi connectivity index (χ2n) is 6.68. The van der Waals surface area contributed by atoms with Crippen molar-refractivity contribution in [2.45, 2.75) is 25.8 Å². The van der Waals surface area contributed by atoms with Gasteiger partial charge >= 0.3 is 0 Å². The van der Waals surface area contributed by atoms with Crippen LogP contribution < -0.4 is 9.46 Å². The molecular weight excluding hydrogens is 394 g/mol. The number of rotatable bonds is 6. The van der Waals surface area contributed by atoms with Crippen LogP contribution in [-0.4, -0.2) is 43.5 Å². The number of hydrazone groups is 1. The van der Waals surface area contributed by atoms with Crippen molar-refractivity contribution < 1.29 is 23.1 Å². The summed E-state index contributed by atoms with van der Waals surface area (Å²) < 4.78 is 31.1. The minimum absolute atomic E-state index is 0.0482. The van der Waals surface area contributed by atoms with Crippen LogP contribution in [0.25, 0.3) is 0 Å². The molecule has 9 heteroatoms. The average Bonchev–Trinajstić information content (AvgIpc) is 3.11. The van der Waals surface area contributed by atoms with E-state index in [0.717, 1.165) is 6.26 Å². The topological polar surface area (TPSA) is 108 Å². The van der Waals surface area contributed by atoms with Gasteiger partial charge < -0.3 is 9.84 Å². The molecule has 154 valence electrons. The number of ether oxygens (including phenoxy) is 1. The monoisotopic (exact) mass is 417 g/mol. The Morgan fingerprint density at radius 1 is 1.28 bits per heavy atom. The van der Waals surface area contributed by atoms with Gasteiger partial charge in [-0.05, 0) is 12.1 Å². The smallest absolute Gasteiger partial charge is 0.242 e. The zero-order valence-electron chi connectivity index (χ0n) is 16.4. The van der Waals surface area contributed by atoms with Gasteiger partial charge in [0.1, 0.15) is 0 Å². The molecule has 0 spiro atoms. The van der Waals surface area contributed by atoms with Crippen LogP contribution in [0.5, 0.6) is 11.5 Å². The van der Waals surface area contributed by atoms with E-state index in [1.54, 1.807) is 49.4 Å². The number of carbonyl (C=O) groups is 1. The van der Waals surface area contributed by atoms with Crippen molar-refractivity contribution >= 4 is 27.3 Å². The number of hydrogen-bond acceptors (Lipinski definition) is 6. The van der Waals surface area contributed by atoms with Crippen molar-refractivity contribution in [1.82, 2.24) is 5.01 Å². The molecular formula is C20H23N3O5S. The average molecular weight is 417 g/mol. The highest BCUT2D eigenvalue weighted by atomic mass is 32.2. The first kappa shape index (κ1) is 20.7.